The maximum Gasteiger partial charge on any atom is 0.236 e. The molecular weight excluding hydrogens is 353 g/mol. The van der Waals surface area contributed by atoms with Crippen molar-refractivity contribution < 1.29 is 13.7 Å². The van der Waals surface area contributed by atoms with Gasteiger partial charge in [0.05, 0.1) is 11.5 Å². The van der Waals surface area contributed by atoms with Crippen LogP contribution in [0.1, 0.15) is 38.0 Å². The summed E-state index contributed by atoms with van der Waals surface area (Å²) in [5, 5.41) is 6.80. The predicted molar refractivity (Wildman–Crippen MR) is 100 cm³/mol. The van der Waals surface area contributed by atoms with Gasteiger partial charge in [0.25, 0.3) is 0 Å². The number of carbonyl (C=O) groups is 1. The summed E-state index contributed by atoms with van der Waals surface area (Å²) in [4.78, 5) is 16.1. The smallest absolute Gasteiger partial charge is 0.236 e. The first-order valence-corrected chi connectivity index (χ1v) is 9.97. The van der Waals surface area contributed by atoms with Crippen molar-refractivity contribution in [3.05, 3.63) is 47.6 Å². The van der Waals surface area contributed by atoms with Gasteiger partial charge in [-0.05, 0) is 44.2 Å². The minimum absolute atomic E-state index is 0.0104. The summed E-state index contributed by atoms with van der Waals surface area (Å²) in [6, 6.07) is 6.05. The number of hydrogen-bond donors (Lipinski definition) is 1. The number of carbonyl (C=O) groups excluding carboxylic acids is 1. The number of rotatable bonds is 8. The van der Waals surface area contributed by atoms with Gasteiger partial charge in [-0.1, -0.05) is 28.9 Å². The van der Waals surface area contributed by atoms with Gasteiger partial charge in [-0.2, -0.15) is 4.98 Å². The van der Waals surface area contributed by atoms with Gasteiger partial charge < -0.3 is 9.84 Å². The lowest BCUT2D eigenvalue weighted by atomic mass is 9.97. The Morgan fingerprint density at radius 3 is 3.08 bits per heavy atom. The van der Waals surface area contributed by atoms with Crippen molar-refractivity contribution in [1.29, 1.82) is 0 Å². The van der Waals surface area contributed by atoms with E-state index in [1.54, 1.807) is 12.1 Å². The van der Waals surface area contributed by atoms with E-state index in [9.17, 15) is 9.18 Å². The highest BCUT2D eigenvalue weighted by atomic mass is 32.2. The Labute approximate surface area is 156 Å². The van der Waals surface area contributed by atoms with E-state index in [0.29, 0.717) is 35.3 Å². The molecule has 2 aromatic rings. The number of halogens is 1. The van der Waals surface area contributed by atoms with Crippen LogP contribution in [-0.4, -0.2) is 28.3 Å². The molecule has 0 spiro atoms. The lowest BCUT2D eigenvalue weighted by molar-refractivity contribution is -0.118. The SMILES string of the molecule is O=C(CSCc1nc(-c2cccc(F)c2)no1)NCCC1=CCCCC1. The Kier molecular flexibility index (Phi) is 6.82. The van der Waals surface area contributed by atoms with Crippen LogP contribution in [0.25, 0.3) is 11.4 Å². The van der Waals surface area contributed by atoms with E-state index in [2.05, 4.69) is 21.5 Å². The highest BCUT2D eigenvalue weighted by Crippen LogP contribution is 2.20. The molecule has 1 aromatic carbocycles. The normalized spacial score (nSPS) is 14.1. The van der Waals surface area contributed by atoms with Gasteiger partial charge in [0.1, 0.15) is 5.82 Å². The number of nitrogens with zero attached hydrogens (tertiary/aromatic N) is 2. The fourth-order valence-electron chi connectivity index (χ4n) is 2.83. The van der Waals surface area contributed by atoms with Gasteiger partial charge in [-0.15, -0.1) is 11.8 Å². The van der Waals surface area contributed by atoms with E-state index >= 15 is 0 Å². The molecule has 0 fully saturated rings. The van der Waals surface area contributed by atoms with Crippen LogP contribution < -0.4 is 5.32 Å². The molecule has 0 unspecified atom stereocenters. The molecule has 0 aliphatic heterocycles. The zero-order chi connectivity index (χ0) is 18.2. The van der Waals surface area contributed by atoms with Crippen LogP contribution in [0.5, 0.6) is 0 Å². The molecule has 1 aliphatic carbocycles. The number of amides is 1. The van der Waals surface area contributed by atoms with Crippen molar-refractivity contribution in [2.45, 2.75) is 37.9 Å². The molecule has 138 valence electrons. The van der Waals surface area contributed by atoms with Crippen molar-refractivity contribution in [2.75, 3.05) is 12.3 Å². The van der Waals surface area contributed by atoms with E-state index in [1.807, 2.05) is 0 Å². The van der Waals surface area contributed by atoms with Crippen LogP contribution in [0.2, 0.25) is 0 Å². The van der Waals surface area contributed by atoms with Crippen molar-refractivity contribution in [3.8, 4) is 11.4 Å². The highest BCUT2D eigenvalue weighted by Gasteiger charge is 2.10. The number of hydrogen-bond acceptors (Lipinski definition) is 5. The number of aromatic nitrogens is 2. The third-order valence-electron chi connectivity index (χ3n) is 4.16. The Hall–Kier alpha value is -2.15. The third kappa shape index (κ3) is 5.69. The zero-order valence-electron chi connectivity index (χ0n) is 14.5. The summed E-state index contributed by atoms with van der Waals surface area (Å²) in [5.74, 6) is 1.23. The first-order chi connectivity index (χ1) is 12.7. The second-order valence-corrected chi connectivity index (χ2v) is 7.21. The quantitative estimate of drug-likeness (QED) is 0.703. The summed E-state index contributed by atoms with van der Waals surface area (Å²) < 4.78 is 18.4. The molecule has 0 saturated carbocycles. The van der Waals surface area contributed by atoms with Crippen molar-refractivity contribution in [3.63, 3.8) is 0 Å². The minimum Gasteiger partial charge on any atom is -0.355 e. The largest absolute Gasteiger partial charge is 0.355 e. The summed E-state index contributed by atoms with van der Waals surface area (Å²) in [6.45, 7) is 0.690. The highest BCUT2D eigenvalue weighted by molar-refractivity contribution is 7.99. The van der Waals surface area contributed by atoms with E-state index in [4.69, 9.17) is 4.52 Å². The Bertz CT molecular complexity index is 776. The molecule has 0 atom stereocenters. The van der Waals surface area contributed by atoms with Crippen LogP contribution in [0.4, 0.5) is 4.39 Å². The van der Waals surface area contributed by atoms with Crippen LogP contribution in [0.15, 0.2) is 40.4 Å². The Morgan fingerprint density at radius 2 is 2.27 bits per heavy atom. The van der Waals surface area contributed by atoms with E-state index < -0.39 is 0 Å². The summed E-state index contributed by atoms with van der Waals surface area (Å²) in [6.07, 6.45) is 8.12. The molecule has 26 heavy (non-hydrogen) atoms. The average molecular weight is 375 g/mol. The van der Waals surface area contributed by atoms with Gasteiger partial charge in [-0.25, -0.2) is 4.39 Å². The standard InChI is InChI=1S/C19H22FN3O2S/c20-16-8-4-7-15(11-16)19-22-18(25-23-19)13-26-12-17(24)21-10-9-14-5-2-1-3-6-14/h4-5,7-8,11H,1-3,6,9-10,12-13H2,(H,21,24). The molecule has 1 aromatic heterocycles. The summed E-state index contributed by atoms with van der Waals surface area (Å²) in [7, 11) is 0. The van der Waals surface area contributed by atoms with Crippen LogP contribution in [0, 0.1) is 5.82 Å². The van der Waals surface area contributed by atoms with Crippen LogP contribution in [0.3, 0.4) is 0 Å². The van der Waals surface area contributed by atoms with Crippen LogP contribution in [-0.2, 0) is 10.5 Å². The topological polar surface area (TPSA) is 68.0 Å². The minimum atomic E-state index is -0.344. The first-order valence-electron chi connectivity index (χ1n) is 8.81. The molecule has 7 heteroatoms. The van der Waals surface area contributed by atoms with Gasteiger partial charge in [0.2, 0.25) is 17.6 Å². The molecule has 0 radical (unpaired) electrons. The zero-order valence-corrected chi connectivity index (χ0v) is 15.4. The Balaban J connectivity index is 1.37. The molecule has 5 nitrogen and oxygen atoms in total. The fraction of sp³-hybridized carbons (Fsp3) is 0.421. The maximum absolute atomic E-state index is 13.2. The first kappa shape index (κ1) is 18.6. The summed E-state index contributed by atoms with van der Waals surface area (Å²) in [5.41, 5.74) is 2.03. The molecule has 0 bridgehead atoms. The second kappa shape index (κ2) is 9.52. The van der Waals surface area contributed by atoms with Gasteiger partial charge in [0, 0.05) is 12.1 Å². The Morgan fingerprint density at radius 1 is 1.35 bits per heavy atom. The van der Waals surface area contributed by atoms with Crippen molar-refractivity contribution >= 4 is 17.7 Å². The monoisotopic (exact) mass is 375 g/mol. The lowest BCUT2D eigenvalue weighted by Gasteiger charge is -2.12. The van der Waals surface area contributed by atoms with E-state index in [-0.39, 0.29) is 11.7 Å². The van der Waals surface area contributed by atoms with Crippen LogP contribution >= 0.6 is 11.8 Å². The fourth-order valence-corrected chi connectivity index (χ4v) is 3.52. The van der Waals surface area contributed by atoms with Gasteiger partial charge in [-0.3, -0.25) is 4.79 Å². The molecular formula is C19H22FN3O2S. The number of benzene rings is 1. The third-order valence-corrected chi connectivity index (χ3v) is 5.08. The predicted octanol–water partition coefficient (Wildman–Crippen LogP) is 4.12. The molecule has 1 heterocycles. The lowest BCUT2D eigenvalue weighted by Crippen LogP contribution is -2.26. The maximum atomic E-state index is 13.2. The molecule has 3 rings (SSSR count). The average Bonchev–Trinajstić information content (AvgIpc) is 3.12. The number of allylic oxidation sites excluding steroid dienone is 1. The molecule has 1 amide bonds. The molecule has 1 aliphatic rings. The van der Waals surface area contributed by atoms with E-state index in [0.717, 1.165) is 12.8 Å². The summed E-state index contributed by atoms with van der Waals surface area (Å²) >= 11 is 1.42. The number of thioether (sulfide) groups is 1. The molecule has 1 N–H and O–H groups in total. The second-order valence-electron chi connectivity index (χ2n) is 6.22. The molecule has 0 saturated heterocycles. The van der Waals surface area contributed by atoms with E-state index in [1.165, 1.54) is 48.7 Å². The van der Waals surface area contributed by atoms with Crippen molar-refractivity contribution in [1.82, 2.24) is 15.5 Å². The van der Waals surface area contributed by atoms with Gasteiger partial charge in [0.15, 0.2) is 0 Å². The number of nitrogens with one attached hydrogen (secondary N) is 1. The van der Waals surface area contributed by atoms with Crippen molar-refractivity contribution in [2.24, 2.45) is 0 Å². The van der Waals surface area contributed by atoms with Gasteiger partial charge >= 0.3 is 0 Å².